The van der Waals surface area contributed by atoms with Gasteiger partial charge < -0.3 is 20.9 Å². The number of rotatable bonds is 3. The van der Waals surface area contributed by atoms with E-state index in [9.17, 15) is 9.59 Å². The Kier molecular flexibility index (Phi) is 5.00. The second-order valence-electron chi connectivity index (χ2n) is 6.23. The number of benzene rings is 1. The molecular formula is C17H24N4O2. The Morgan fingerprint density at radius 3 is 2.83 bits per heavy atom. The van der Waals surface area contributed by atoms with Crippen LogP contribution in [-0.4, -0.2) is 48.6 Å². The average molecular weight is 316 g/mol. The average Bonchev–Trinajstić information content (AvgIpc) is 2.93. The first-order valence-electron chi connectivity index (χ1n) is 8.37. The molecule has 2 fully saturated rings. The summed E-state index contributed by atoms with van der Waals surface area (Å²) in [4.78, 5) is 26.1. The van der Waals surface area contributed by atoms with Crippen LogP contribution in [0.5, 0.6) is 0 Å². The minimum atomic E-state index is -0.397. The molecule has 0 spiro atoms. The van der Waals surface area contributed by atoms with E-state index < -0.39 is 6.04 Å². The highest BCUT2D eigenvalue weighted by molar-refractivity contribution is 5.87. The van der Waals surface area contributed by atoms with Crippen molar-refractivity contribution < 1.29 is 9.59 Å². The number of carbonyl (C=O) groups excluding carboxylic acids is 2. The molecule has 1 aromatic rings. The first-order chi connectivity index (χ1) is 11.2. The lowest BCUT2D eigenvalue weighted by Crippen LogP contribution is -2.50. The third kappa shape index (κ3) is 4.15. The number of anilines is 1. The molecule has 0 bridgehead atoms. The van der Waals surface area contributed by atoms with Crippen LogP contribution >= 0.6 is 0 Å². The number of nitrogens with one attached hydrogen (secondary N) is 3. The highest BCUT2D eigenvalue weighted by atomic mass is 16.2. The van der Waals surface area contributed by atoms with Crippen molar-refractivity contribution in [2.24, 2.45) is 0 Å². The molecule has 0 saturated carbocycles. The molecule has 2 heterocycles. The molecule has 6 heteroatoms. The van der Waals surface area contributed by atoms with Gasteiger partial charge in [-0.05, 0) is 37.8 Å². The maximum absolute atomic E-state index is 12.4. The fourth-order valence-electron chi connectivity index (χ4n) is 3.15. The van der Waals surface area contributed by atoms with Gasteiger partial charge in [-0.25, -0.2) is 4.79 Å². The zero-order chi connectivity index (χ0) is 16.1. The molecule has 3 rings (SSSR count). The van der Waals surface area contributed by atoms with E-state index in [2.05, 4.69) is 16.0 Å². The number of hydrogen-bond acceptors (Lipinski definition) is 3. The summed E-state index contributed by atoms with van der Waals surface area (Å²) in [6.07, 6.45) is 3.57. The van der Waals surface area contributed by atoms with Crippen LogP contribution in [0.3, 0.4) is 0 Å². The molecule has 2 saturated heterocycles. The van der Waals surface area contributed by atoms with E-state index in [1.165, 1.54) is 0 Å². The molecule has 2 atom stereocenters. The van der Waals surface area contributed by atoms with Crippen molar-refractivity contribution in [2.75, 3.05) is 25.0 Å². The Morgan fingerprint density at radius 1 is 1.17 bits per heavy atom. The third-order valence-electron chi connectivity index (χ3n) is 4.45. The highest BCUT2D eigenvalue weighted by Crippen LogP contribution is 2.16. The largest absolute Gasteiger partial charge is 0.380 e. The number of likely N-dealkylation sites (tertiary alicyclic amines) is 1. The summed E-state index contributed by atoms with van der Waals surface area (Å²) < 4.78 is 0. The number of hydrogen-bond donors (Lipinski definition) is 3. The molecule has 1 aromatic carbocycles. The third-order valence-corrected chi connectivity index (χ3v) is 4.45. The van der Waals surface area contributed by atoms with E-state index in [1.807, 2.05) is 30.3 Å². The van der Waals surface area contributed by atoms with Gasteiger partial charge in [0.2, 0.25) is 5.91 Å². The predicted molar refractivity (Wildman–Crippen MR) is 89.2 cm³/mol. The van der Waals surface area contributed by atoms with Crippen molar-refractivity contribution in [1.82, 2.24) is 15.5 Å². The lowest BCUT2D eigenvalue weighted by Gasteiger charge is -2.22. The Bertz CT molecular complexity index is 549. The highest BCUT2D eigenvalue weighted by Gasteiger charge is 2.29. The van der Waals surface area contributed by atoms with Crippen LogP contribution in [0.2, 0.25) is 0 Å². The number of amides is 3. The van der Waals surface area contributed by atoms with Crippen LogP contribution in [0.1, 0.15) is 25.7 Å². The summed E-state index contributed by atoms with van der Waals surface area (Å²) in [5.74, 6) is -0.0611. The molecule has 0 aromatic heterocycles. The SMILES string of the molecule is O=C1NCCCC[C@@H]1NC(=O)N1CC[C@@H](Nc2ccccc2)C1. The second-order valence-corrected chi connectivity index (χ2v) is 6.23. The van der Waals surface area contributed by atoms with Gasteiger partial charge in [-0.2, -0.15) is 0 Å². The van der Waals surface area contributed by atoms with Crippen LogP contribution in [0.4, 0.5) is 10.5 Å². The first kappa shape index (κ1) is 15.6. The zero-order valence-electron chi connectivity index (χ0n) is 13.3. The Balaban J connectivity index is 1.50. The van der Waals surface area contributed by atoms with Crippen molar-refractivity contribution in [3.63, 3.8) is 0 Å². The monoisotopic (exact) mass is 316 g/mol. The van der Waals surface area contributed by atoms with Gasteiger partial charge in [-0.1, -0.05) is 18.2 Å². The van der Waals surface area contributed by atoms with E-state index in [1.54, 1.807) is 4.90 Å². The number of urea groups is 1. The van der Waals surface area contributed by atoms with Gasteiger partial charge in [0.1, 0.15) is 6.04 Å². The molecule has 3 amide bonds. The van der Waals surface area contributed by atoms with E-state index in [4.69, 9.17) is 0 Å². The first-order valence-corrected chi connectivity index (χ1v) is 8.37. The second kappa shape index (κ2) is 7.35. The molecule has 0 radical (unpaired) electrons. The maximum Gasteiger partial charge on any atom is 0.318 e. The molecule has 0 aliphatic carbocycles. The van der Waals surface area contributed by atoms with E-state index in [0.29, 0.717) is 19.6 Å². The normalized spacial score (nSPS) is 24.7. The van der Waals surface area contributed by atoms with Crippen molar-refractivity contribution in [2.45, 2.75) is 37.8 Å². The van der Waals surface area contributed by atoms with Crippen LogP contribution in [0.15, 0.2) is 30.3 Å². The molecule has 124 valence electrons. The topological polar surface area (TPSA) is 73.5 Å². The van der Waals surface area contributed by atoms with Crippen LogP contribution in [0, 0.1) is 0 Å². The van der Waals surface area contributed by atoms with Gasteiger partial charge in [0.15, 0.2) is 0 Å². The van der Waals surface area contributed by atoms with Gasteiger partial charge in [-0.15, -0.1) is 0 Å². The lowest BCUT2D eigenvalue weighted by molar-refractivity contribution is -0.122. The summed E-state index contributed by atoms with van der Waals surface area (Å²) in [6.45, 7) is 2.08. The summed E-state index contributed by atoms with van der Waals surface area (Å²) in [6, 6.07) is 9.75. The van der Waals surface area contributed by atoms with Crippen molar-refractivity contribution in [3.8, 4) is 0 Å². The quantitative estimate of drug-likeness (QED) is 0.792. The van der Waals surface area contributed by atoms with Crippen molar-refractivity contribution >= 4 is 17.6 Å². The smallest absolute Gasteiger partial charge is 0.318 e. The summed E-state index contributed by atoms with van der Waals surface area (Å²) in [5, 5.41) is 9.18. The molecule has 6 nitrogen and oxygen atoms in total. The van der Waals surface area contributed by atoms with Crippen molar-refractivity contribution in [1.29, 1.82) is 0 Å². The molecule has 2 aliphatic rings. The lowest BCUT2D eigenvalue weighted by atomic mass is 10.1. The molecular weight excluding hydrogens is 292 g/mol. The summed E-state index contributed by atoms with van der Waals surface area (Å²) in [5.41, 5.74) is 1.07. The van der Waals surface area contributed by atoms with Gasteiger partial charge in [0.25, 0.3) is 0 Å². The van der Waals surface area contributed by atoms with E-state index >= 15 is 0 Å². The zero-order valence-corrected chi connectivity index (χ0v) is 13.3. The molecule has 0 unspecified atom stereocenters. The van der Waals surface area contributed by atoms with Crippen LogP contribution < -0.4 is 16.0 Å². The van der Waals surface area contributed by atoms with Gasteiger partial charge in [0.05, 0.1) is 0 Å². The van der Waals surface area contributed by atoms with Crippen LogP contribution in [-0.2, 0) is 4.79 Å². The number of nitrogens with zero attached hydrogens (tertiary/aromatic N) is 1. The Morgan fingerprint density at radius 2 is 2.00 bits per heavy atom. The van der Waals surface area contributed by atoms with Crippen LogP contribution in [0.25, 0.3) is 0 Å². The minimum Gasteiger partial charge on any atom is -0.380 e. The summed E-state index contributed by atoms with van der Waals surface area (Å²) >= 11 is 0. The summed E-state index contributed by atoms with van der Waals surface area (Å²) in [7, 11) is 0. The van der Waals surface area contributed by atoms with E-state index in [0.717, 1.165) is 31.4 Å². The number of para-hydroxylation sites is 1. The van der Waals surface area contributed by atoms with E-state index in [-0.39, 0.29) is 18.0 Å². The Hall–Kier alpha value is -2.24. The maximum atomic E-state index is 12.4. The number of carbonyl (C=O) groups is 2. The molecule has 23 heavy (non-hydrogen) atoms. The van der Waals surface area contributed by atoms with Gasteiger partial charge >= 0.3 is 6.03 Å². The molecule has 3 N–H and O–H groups in total. The fourth-order valence-corrected chi connectivity index (χ4v) is 3.15. The van der Waals surface area contributed by atoms with Gasteiger partial charge in [-0.3, -0.25) is 4.79 Å². The molecule has 2 aliphatic heterocycles. The van der Waals surface area contributed by atoms with Gasteiger partial charge in [0, 0.05) is 31.4 Å². The fraction of sp³-hybridized carbons (Fsp3) is 0.529. The standard InChI is InChI=1S/C17H24N4O2/c22-16-15(8-4-5-10-18-16)20-17(23)21-11-9-14(12-21)19-13-6-2-1-3-7-13/h1-3,6-7,14-15,19H,4-5,8-12H2,(H,18,22)(H,20,23)/t14-,15+/m1/s1. The Labute approximate surface area is 136 Å². The predicted octanol–water partition coefficient (Wildman–Crippen LogP) is 1.55. The van der Waals surface area contributed by atoms with Crippen molar-refractivity contribution in [3.05, 3.63) is 30.3 Å². The minimum absolute atomic E-state index is 0.0611.